The minimum Gasteiger partial charge on any atom is -0.336 e. The van der Waals surface area contributed by atoms with Gasteiger partial charge >= 0.3 is 0 Å². The van der Waals surface area contributed by atoms with Crippen molar-refractivity contribution < 1.29 is 4.92 Å². The summed E-state index contributed by atoms with van der Waals surface area (Å²) in [5.41, 5.74) is 3.86. The lowest BCUT2D eigenvalue weighted by atomic mass is 10.0. The van der Waals surface area contributed by atoms with Crippen LogP contribution in [0.15, 0.2) is 83.7 Å². The first-order valence-corrected chi connectivity index (χ1v) is 8.97. The molecule has 1 aromatic heterocycles. The number of nitrogens with zero attached hydrogens (tertiary/aromatic N) is 2. The molecular weight excluding hydrogens is 352 g/mol. The van der Waals surface area contributed by atoms with Crippen molar-refractivity contribution in [1.29, 1.82) is 0 Å². The molecule has 1 heterocycles. The molecule has 4 rings (SSSR count). The molecule has 0 saturated carbocycles. The molecule has 0 radical (unpaired) electrons. The van der Waals surface area contributed by atoms with E-state index in [1.807, 2.05) is 60.7 Å². The van der Waals surface area contributed by atoms with Gasteiger partial charge in [0.15, 0.2) is 5.43 Å². The number of rotatable bonds is 4. The van der Waals surface area contributed by atoms with E-state index in [2.05, 4.69) is 4.57 Å². The molecule has 5 nitrogen and oxygen atoms in total. The Bertz CT molecular complexity index is 1230. The maximum Gasteiger partial charge on any atom is 0.270 e. The summed E-state index contributed by atoms with van der Waals surface area (Å²) in [6.07, 6.45) is 0. The molecule has 5 heteroatoms. The van der Waals surface area contributed by atoms with Gasteiger partial charge in [-0.15, -0.1) is 0 Å². The average Bonchev–Trinajstić information content (AvgIpc) is 2.73. The fourth-order valence-electron chi connectivity index (χ4n) is 3.59. The van der Waals surface area contributed by atoms with Crippen LogP contribution in [0.2, 0.25) is 0 Å². The molecule has 0 bridgehead atoms. The Morgan fingerprint density at radius 1 is 0.929 bits per heavy atom. The van der Waals surface area contributed by atoms with Gasteiger partial charge in [0.1, 0.15) is 0 Å². The van der Waals surface area contributed by atoms with Gasteiger partial charge in [-0.1, -0.05) is 60.7 Å². The number of nitro benzene ring substituents is 1. The number of nitro groups is 1. The smallest absolute Gasteiger partial charge is 0.270 e. The fraction of sp³-hybridized carbons (Fsp3) is 0.0870. The van der Waals surface area contributed by atoms with Crippen LogP contribution in [0.3, 0.4) is 0 Å². The second-order valence-electron chi connectivity index (χ2n) is 6.70. The third-order valence-electron chi connectivity index (χ3n) is 4.92. The van der Waals surface area contributed by atoms with Gasteiger partial charge in [0.05, 0.1) is 21.5 Å². The zero-order valence-corrected chi connectivity index (χ0v) is 15.3. The number of non-ortho nitro benzene ring substituents is 1. The van der Waals surface area contributed by atoms with Crippen LogP contribution in [0.5, 0.6) is 0 Å². The van der Waals surface area contributed by atoms with Gasteiger partial charge in [-0.25, -0.2) is 0 Å². The largest absolute Gasteiger partial charge is 0.336 e. The highest BCUT2D eigenvalue weighted by Crippen LogP contribution is 2.28. The maximum atomic E-state index is 13.1. The topological polar surface area (TPSA) is 65.1 Å². The predicted octanol–water partition coefficient (Wildman–Crippen LogP) is 4.93. The van der Waals surface area contributed by atoms with Crippen molar-refractivity contribution in [3.8, 4) is 11.3 Å². The fourth-order valence-corrected chi connectivity index (χ4v) is 3.59. The first-order valence-electron chi connectivity index (χ1n) is 8.97. The third kappa shape index (κ3) is 3.07. The van der Waals surface area contributed by atoms with E-state index in [1.165, 1.54) is 12.1 Å². The number of benzene rings is 3. The minimum atomic E-state index is -0.471. The van der Waals surface area contributed by atoms with E-state index in [9.17, 15) is 14.9 Å². The molecule has 0 amide bonds. The summed E-state index contributed by atoms with van der Waals surface area (Å²) < 4.78 is 2.07. The number of hydrogen-bond donors (Lipinski definition) is 0. The summed E-state index contributed by atoms with van der Waals surface area (Å²) in [7, 11) is 0. The van der Waals surface area contributed by atoms with Crippen molar-refractivity contribution in [2.75, 3.05) is 0 Å². The lowest BCUT2D eigenvalue weighted by molar-refractivity contribution is -0.384. The van der Waals surface area contributed by atoms with Crippen LogP contribution in [0.25, 0.3) is 22.2 Å². The Balaban J connectivity index is 2.07. The van der Waals surface area contributed by atoms with Crippen LogP contribution in [-0.4, -0.2) is 9.49 Å². The molecule has 0 aliphatic carbocycles. The van der Waals surface area contributed by atoms with Gasteiger partial charge in [0, 0.05) is 24.2 Å². The molecule has 0 fully saturated rings. The molecule has 0 unspecified atom stereocenters. The zero-order valence-electron chi connectivity index (χ0n) is 15.3. The van der Waals surface area contributed by atoms with E-state index < -0.39 is 4.92 Å². The molecule has 138 valence electrons. The summed E-state index contributed by atoms with van der Waals surface area (Å²) in [5, 5.41) is 11.6. The Hall–Kier alpha value is -3.73. The van der Waals surface area contributed by atoms with Gasteiger partial charge < -0.3 is 4.57 Å². The van der Waals surface area contributed by atoms with Gasteiger partial charge in [-0.05, 0) is 24.1 Å². The molecule has 0 aliphatic heterocycles. The number of hydrogen-bond acceptors (Lipinski definition) is 3. The lowest BCUT2D eigenvalue weighted by Gasteiger charge is -2.20. The van der Waals surface area contributed by atoms with Crippen LogP contribution in [-0.2, 0) is 6.54 Å². The molecule has 0 aliphatic rings. The molecule has 3 aromatic carbocycles. The Morgan fingerprint density at radius 2 is 1.57 bits per heavy atom. The van der Waals surface area contributed by atoms with Crippen molar-refractivity contribution in [2.24, 2.45) is 0 Å². The maximum absolute atomic E-state index is 13.1. The average molecular weight is 370 g/mol. The highest BCUT2D eigenvalue weighted by atomic mass is 16.6. The van der Waals surface area contributed by atoms with Gasteiger partial charge in [0.2, 0.25) is 0 Å². The lowest BCUT2D eigenvalue weighted by Crippen LogP contribution is -2.17. The molecule has 0 atom stereocenters. The molecule has 0 saturated heterocycles. The van der Waals surface area contributed by atoms with E-state index in [0.717, 1.165) is 16.8 Å². The first kappa shape index (κ1) is 17.7. The minimum absolute atomic E-state index is 0.0808. The predicted molar refractivity (Wildman–Crippen MR) is 111 cm³/mol. The van der Waals surface area contributed by atoms with Crippen molar-refractivity contribution in [3.63, 3.8) is 0 Å². The molecule has 28 heavy (non-hydrogen) atoms. The van der Waals surface area contributed by atoms with E-state index in [1.54, 1.807) is 13.0 Å². The van der Waals surface area contributed by atoms with Crippen molar-refractivity contribution >= 4 is 16.6 Å². The first-order chi connectivity index (χ1) is 13.6. The van der Waals surface area contributed by atoms with Crippen LogP contribution < -0.4 is 5.43 Å². The number of pyridine rings is 1. The molecule has 0 N–H and O–H groups in total. The van der Waals surface area contributed by atoms with E-state index in [0.29, 0.717) is 23.0 Å². The number of aromatic nitrogens is 1. The Labute approximate surface area is 161 Å². The summed E-state index contributed by atoms with van der Waals surface area (Å²) in [6.45, 7) is 2.34. The van der Waals surface area contributed by atoms with Gasteiger partial charge in [0.25, 0.3) is 5.69 Å². The second-order valence-corrected chi connectivity index (χ2v) is 6.70. The Morgan fingerprint density at radius 3 is 2.21 bits per heavy atom. The van der Waals surface area contributed by atoms with Gasteiger partial charge in [-0.3, -0.25) is 14.9 Å². The van der Waals surface area contributed by atoms with Gasteiger partial charge in [-0.2, -0.15) is 0 Å². The van der Waals surface area contributed by atoms with Crippen molar-refractivity contribution in [3.05, 3.63) is 110 Å². The number of fused-ring (bicyclic) bond motifs is 1. The standard InChI is InChI=1S/C23H18N2O3/c1-16-22(18-10-6-3-7-11-18)24(15-17-8-4-2-5-9-17)21-13-12-19(25(27)28)14-20(21)23(16)26/h2-14H,15H2,1H3. The highest BCUT2D eigenvalue weighted by Gasteiger charge is 2.18. The molecular formula is C23H18N2O3. The Kier molecular flexibility index (Phi) is 4.49. The van der Waals surface area contributed by atoms with Crippen molar-refractivity contribution in [1.82, 2.24) is 4.57 Å². The quantitative estimate of drug-likeness (QED) is 0.378. The normalized spacial score (nSPS) is 10.9. The van der Waals surface area contributed by atoms with Crippen LogP contribution in [0.4, 0.5) is 5.69 Å². The summed E-state index contributed by atoms with van der Waals surface area (Å²) in [6, 6.07) is 24.2. The monoisotopic (exact) mass is 370 g/mol. The molecule has 0 spiro atoms. The van der Waals surface area contributed by atoms with Crippen LogP contribution in [0.1, 0.15) is 11.1 Å². The third-order valence-corrected chi connectivity index (χ3v) is 4.92. The summed E-state index contributed by atoms with van der Waals surface area (Å²) >= 11 is 0. The summed E-state index contributed by atoms with van der Waals surface area (Å²) in [4.78, 5) is 23.8. The van der Waals surface area contributed by atoms with E-state index in [-0.39, 0.29) is 11.1 Å². The SMILES string of the molecule is Cc1c(-c2ccccc2)n(Cc2ccccc2)c2ccc([N+](=O)[O-])cc2c1=O. The second kappa shape index (κ2) is 7.12. The zero-order chi connectivity index (χ0) is 19.7. The van der Waals surface area contributed by atoms with E-state index in [4.69, 9.17) is 0 Å². The van der Waals surface area contributed by atoms with Crippen LogP contribution >= 0.6 is 0 Å². The molecule has 4 aromatic rings. The van der Waals surface area contributed by atoms with Crippen molar-refractivity contribution in [2.45, 2.75) is 13.5 Å². The van der Waals surface area contributed by atoms with Crippen LogP contribution in [0, 0.1) is 17.0 Å². The van der Waals surface area contributed by atoms with E-state index >= 15 is 0 Å². The highest BCUT2D eigenvalue weighted by molar-refractivity contribution is 5.86. The summed E-state index contributed by atoms with van der Waals surface area (Å²) in [5.74, 6) is 0.